The van der Waals surface area contributed by atoms with Gasteiger partial charge in [-0.2, -0.15) is 0 Å². The molecule has 0 bridgehead atoms. The van der Waals surface area contributed by atoms with Crippen molar-refractivity contribution in [1.29, 1.82) is 0 Å². The molecule has 0 aliphatic rings. The summed E-state index contributed by atoms with van der Waals surface area (Å²) in [5, 5.41) is 0. The standard InChI is InChI=1S/C9H20.C4H10.2C2H6/c1-4-5-6-7-8-9(2)3;1-3-4-2;2*1-2/h9H,4-8H2,1-3H3;3-4H2,1-2H3;2*1-2H3. The maximum atomic E-state index is 2.30. The lowest BCUT2D eigenvalue weighted by Crippen LogP contribution is -1.86. The Bertz CT molecular complexity index is 62.4. The molecule has 0 unspecified atom stereocenters. The van der Waals surface area contributed by atoms with Crippen LogP contribution in [0, 0.1) is 5.92 Å². The summed E-state index contributed by atoms with van der Waals surface area (Å²) in [6.07, 6.45) is 9.71. The van der Waals surface area contributed by atoms with Crippen LogP contribution in [0.3, 0.4) is 0 Å². The summed E-state index contributed by atoms with van der Waals surface area (Å²) in [4.78, 5) is 0. The summed E-state index contributed by atoms with van der Waals surface area (Å²) in [7, 11) is 0. The molecule has 0 aliphatic carbocycles. The lowest BCUT2D eigenvalue weighted by Gasteiger charge is -2.01. The molecule has 0 amide bonds. The van der Waals surface area contributed by atoms with Crippen molar-refractivity contribution < 1.29 is 0 Å². The van der Waals surface area contributed by atoms with Crippen molar-refractivity contribution in [3.05, 3.63) is 0 Å². The highest BCUT2D eigenvalue weighted by Crippen LogP contribution is 2.08. The minimum atomic E-state index is 0.904. The Kier molecular flexibility index (Phi) is 54.5. The van der Waals surface area contributed by atoms with E-state index >= 15 is 0 Å². The predicted octanol–water partition coefficient (Wildman–Crippen LogP) is 7.47. The summed E-state index contributed by atoms with van der Waals surface area (Å²) in [6.45, 7) is 19.2. The third kappa shape index (κ3) is 64.0. The first-order valence-electron chi connectivity index (χ1n) is 8.18. The molecule has 0 aromatic carbocycles. The van der Waals surface area contributed by atoms with Crippen LogP contribution in [-0.2, 0) is 0 Å². The maximum Gasteiger partial charge on any atom is -0.0471 e. The van der Waals surface area contributed by atoms with Crippen LogP contribution in [0.15, 0.2) is 0 Å². The number of unbranched alkanes of at least 4 members (excludes halogenated alkanes) is 4. The normalized spacial score (nSPS) is 8.12. The van der Waals surface area contributed by atoms with E-state index in [1.165, 1.54) is 44.9 Å². The van der Waals surface area contributed by atoms with Gasteiger partial charge in [0.15, 0.2) is 0 Å². The Hall–Kier alpha value is 0. The molecule has 0 radical (unpaired) electrons. The van der Waals surface area contributed by atoms with Crippen LogP contribution in [-0.4, -0.2) is 0 Å². The Morgan fingerprint density at radius 3 is 1.24 bits per heavy atom. The molecule has 0 spiro atoms. The average molecular weight is 247 g/mol. The van der Waals surface area contributed by atoms with E-state index in [1.54, 1.807) is 0 Å². The summed E-state index contributed by atoms with van der Waals surface area (Å²) in [5.41, 5.74) is 0. The topological polar surface area (TPSA) is 0 Å². The molecule has 110 valence electrons. The lowest BCUT2D eigenvalue weighted by atomic mass is 10.1. The number of hydrogen-bond acceptors (Lipinski definition) is 0. The van der Waals surface area contributed by atoms with E-state index in [9.17, 15) is 0 Å². The van der Waals surface area contributed by atoms with E-state index in [2.05, 4.69) is 34.6 Å². The monoisotopic (exact) mass is 246 g/mol. The SMILES string of the molecule is CC.CC.CCCC.CCCCCCC(C)C. The Balaban J connectivity index is -0.0000000887. The van der Waals surface area contributed by atoms with Gasteiger partial charge >= 0.3 is 0 Å². The third-order valence-electron chi connectivity index (χ3n) is 2.14. The smallest absolute Gasteiger partial charge is 0.0471 e. The molecule has 0 aliphatic heterocycles. The Labute approximate surface area is 114 Å². The van der Waals surface area contributed by atoms with Gasteiger partial charge in [0.05, 0.1) is 0 Å². The second-order valence-electron chi connectivity index (χ2n) is 4.24. The van der Waals surface area contributed by atoms with Crippen molar-refractivity contribution in [2.45, 2.75) is 107 Å². The van der Waals surface area contributed by atoms with Gasteiger partial charge in [0.1, 0.15) is 0 Å². The van der Waals surface area contributed by atoms with Gasteiger partial charge in [0.25, 0.3) is 0 Å². The third-order valence-corrected chi connectivity index (χ3v) is 2.14. The van der Waals surface area contributed by atoms with Crippen LogP contribution >= 0.6 is 0 Å². The highest BCUT2D eigenvalue weighted by Gasteiger charge is 1.91. The van der Waals surface area contributed by atoms with E-state index in [1.807, 2.05) is 27.7 Å². The average Bonchev–Trinajstić information content (AvgIpc) is 2.39. The molecule has 0 aromatic heterocycles. The van der Waals surface area contributed by atoms with E-state index in [4.69, 9.17) is 0 Å². The number of rotatable bonds is 6. The molecule has 0 saturated carbocycles. The zero-order chi connectivity index (χ0) is 14.5. The quantitative estimate of drug-likeness (QED) is 0.426. The molecule has 0 aromatic rings. The molecule has 0 N–H and O–H groups in total. The van der Waals surface area contributed by atoms with Crippen LogP contribution in [0.1, 0.15) is 107 Å². The molecule has 0 saturated heterocycles. The Morgan fingerprint density at radius 1 is 0.588 bits per heavy atom. The first-order chi connectivity index (χ1) is 8.18. The fourth-order valence-electron chi connectivity index (χ4n) is 0.979. The maximum absolute atomic E-state index is 2.30. The molecule has 0 nitrogen and oxygen atoms in total. The number of hydrogen-bond donors (Lipinski definition) is 0. The predicted molar refractivity (Wildman–Crippen MR) is 86.9 cm³/mol. The summed E-state index contributed by atoms with van der Waals surface area (Å²) >= 11 is 0. The van der Waals surface area contributed by atoms with Crippen molar-refractivity contribution >= 4 is 0 Å². The zero-order valence-corrected chi connectivity index (χ0v) is 14.5. The van der Waals surface area contributed by atoms with Crippen LogP contribution in [0.2, 0.25) is 0 Å². The van der Waals surface area contributed by atoms with Crippen LogP contribution in [0.5, 0.6) is 0 Å². The largest absolute Gasteiger partial charge is 0.0683 e. The van der Waals surface area contributed by atoms with Crippen molar-refractivity contribution in [3.8, 4) is 0 Å². The van der Waals surface area contributed by atoms with Gasteiger partial charge in [-0.25, -0.2) is 0 Å². The second kappa shape index (κ2) is 36.0. The molecular formula is C17H42. The van der Waals surface area contributed by atoms with Gasteiger partial charge in [-0.05, 0) is 5.92 Å². The zero-order valence-electron chi connectivity index (χ0n) is 14.5. The lowest BCUT2D eigenvalue weighted by molar-refractivity contribution is 0.525. The van der Waals surface area contributed by atoms with E-state index in [0.717, 1.165) is 5.92 Å². The van der Waals surface area contributed by atoms with Crippen molar-refractivity contribution in [2.75, 3.05) is 0 Å². The molecule has 17 heavy (non-hydrogen) atoms. The molecule has 0 heteroatoms. The van der Waals surface area contributed by atoms with E-state index in [-0.39, 0.29) is 0 Å². The van der Waals surface area contributed by atoms with Crippen LogP contribution in [0.4, 0.5) is 0 Å². The van der Waals surface area contributed by atoms with Gasteiger partial charge in [-0.15, -0.1) is 0 Å². The highest BCUT2D eigenvalue weighted by atomic mass is 14.0. The second-order valence-corrected chi connectivity index (χ2v) is 4.24. The van der Waals surface area contributed by atoms with Crippen LogP contribution in [0.25, 0.3) is 0 Å². The van der Waals surface area contributed by atoms with Gasteiger partial charge in [-0.3, -0.25) is 0 Å². The minimum Gasteiger partial charge on any atom is -0.0683 e. The van der Waals surface area contributed by atoms with Gasteiger partial charge < -0.3 is 0 Å². The van der Waals surface area contributed by atoms with Gasteiger partial charge in [0.2, 0.25) is 0 Å². The highest BCUT2D eigenvalue weighted by molar-refractivity contribution is 4.45. The molecule has 0 fully saturated rings. The fraction of sp³-hybridized carbons (Fsp3) is 1.00. The summed E-state index contributed by atoms with van der Waals surface area (Å²) < 4.78 is 0. The van der Waals surface area contributed by atoms with Gasteiger partial charge in [0, 0.05) is 0 Å². The van der Waals surface area contributed by atoms with Crippen LogP contribution < -0.4 is 0 Å². The summed E-state index contributed by atoms with van der Waals surface area (Å²) in [5.74, 6) is 0.904. The first-order valence-corrected chi connectivity index (χ1v) is 8.18. The van der Waals surface area contributed by atoms with Crippen molar-refractivity contribution in [3.63, 3.8) is 0 Å². The fourth-order valence-corrected chi connectivity index (χ4v) is 0.979. The van der Waals surface area contributed by atoms with E-state index in [0.29, 0.717) is 0 Å². The first kappa shape index (κ1) is 25.8. The molecule has 0 atom stereocenters. The van der Waals surface area contributed by atoms with Crippen molar-refractivity contribution in [1.82, 2.24) is 0 Å². The summed E-state index contributed by atoms with van der Waals surface area (Å²) in [6, 6.07) is 0. The van der Waals surface area contributed by atoms with E-state index < -0.39 is 0 Å². The Morgan fingerprint density at radius 2 is 1.00 bits per heavy atom. The molecule has 0 rings (SSSR count). The molecule has 0 heterocycles. The molecular weight excluding hydrogens is 204 g/mol. The minimum absolute atomic E-state index is 0.904. The van der Waals surface area contributed by atoms with Crippen molar-refractivity contribution in [2.24, 2.45) is 5.92 Å². The van der Waals surface area contributed by atoms with Gasteiger partial charge in [-0.1, -0.05) is 107 Å².